The number of aromatic nitrogens is 4. The Bertz CT molecular complexity index is 1530. The highest BCUT2D eigenvalue weighted by Gasteiger charge is 2.23. The van der Waals surface area contributed by atoms with Crippen molar-refractivity contribution in [3.05, 3.63) is 90.7 Å². The number of aliphatic hydroxyl groups excluding tert-OH is 1. The molecule has 10 nitrogen and oxygen atoms in total. The maximum Gasteiger partial charge on any atom is 0.256 e. The number of fused-ring (bicyclic) bond motifs is 1. The third-order valence-corrected chi connectivity index (χ3v) is 6.80. The van der Waals surface area contributed by atoms with E-state index in [-0.39, 0.29) is 11.9 Å². The van der Waals surface area contributed by atoms with Gasteiger partial charge in [0.05, 0.1) is 0 Å². The summed E-state index contributed by atoms with van der Waals surface area (Å²) in [5.74, 6) is 1.46. The van der Waals surface area contributed by atoms with Gasteiger partial charge < -0.3 is 21.1 Å². The minimum Gasteiger partial charge on any atom is -0.382 e. The number of likely N-dealkylation sites (N-methyl/N-ethyl adjacent to an activating group) is 1. The molecule has 10 heteroatoms. The number of nitrogen functional groups attached to an aromatic ring is 1. The van der Waals surface area contributed by atoms with Crippen LogP contribution in [0, 0.1) is 0 Å². The molecule has 5 rings (SSSR count). The first kappa shape index (κ1) is 27.2. The molecular formula is C30H34N8O2. The number of hydrogen-bond donors (Lipinski definition) is 4. The van der Waals surface area contributed by atoms with Crippen LogP contribution in [0.1, 0.15) is 35.4 Å². The number of pyridine rings is 1. The zero-order chi connectivity index (χ0) is 28.1. The molecule has 4 aromatic rings. The smallest absolute Gasteiger partial charge is 0.256 e. The number of carbonyl (C=O) groups is 1. The zero-order valence-electron chi connectivity index (χ0n) is 22.7. The number of nitrogens with two attached hydrogens (primary N) is 1. The van der Waals surface area contributed by atoms with E-state index in [0.717, 1.165) is 48.3 Å². The van der Waals surface area contributed by atoms with Crippen LogP contribution in [0.3, 0.4) is 0 Å². The summed E-state index contributed by atoms with van der Waals surface area (Å²) in [4.78, 5) is 28.2. The van der Waals surface area contributed by atoms with Crippen LogP contribution in [0.5, 0.6) is 0 Å². The van der Waals surface area contributed by atoms with Crippen molar-refractivity contribution in [3.63, 3.8) is 0 Å². The minimum atomic E-state index is -0.682. The first-order valence-electron chi connectivity index (χ1n) is 13.3. The second kappa shape index (κ2) is 12.2. The number of hydrogen-bond acceptors (Lipinski definition) is 8. The van der Waals surface area contributed by atoms with Crippen molar-refractivity contribution in [1.29, 1.82) is 0 Å². The van der Waals surface area contributed by atoms with Gasteiger partial charge in [-0.25, -0.2) is 15.0 Å². The number of amides is 1. The average Bonchev–Trinajstić information content (AvgIpc) is 3.35. The van der Waals surface area contributed by atoms with Gasteiger partial charge in [-0.05, 0) is 69.3 Å². The maximum absolute atomic E-state index is 12.7. The monoisotopic (exact) mass is 538 g/mol. The number of imidazole rings is 1. The first-order chi connectivity index (χ1) is 19.4. The summed E-state index contributed by atoms with van der Waals surface area (Å²) in [5.41, 5.74) is 10.2. The van der Waals surface area contributed by atoms with Crippen LogP contribution in [-0.4, -0.2) is 68.2 Å². The normalized spacial score (nSPS) is 16.4. The Labute approximate surface area is 233 Å². The van der Waals surface area contributed by atoms with E-state index in [2.05, 4.69) is 26.7 Å². The minimum absolute atomic E-state index is 0.171. The molecule has 0 radical (unpaired) electrons. The summed E-state index contributed by atoms with van der Waals surface area (Å²) < 4.78 is 1.98. The molecule has 2 atom stereocenters. The number of rotatable bonds is 9. The summed E-state index contributed by atoms with van der Waals surface area (Å²) in [6.45, 7) is 0.780. The highest BCUT2D eigenvalue weighted by molar-refractivity contribution is 6.04. The third-order valence-electron chi connectivity index (χ3n) is 6.80. The molecule has 206 valence electrons. The van der Waals surface area contributed by atoms with Crippen molar-refractivity contribution < 1.29 is 9.90 Å². The van der Waals surface area contributed by atoms with Crippen LogP contribution in [0.2, 0.25) is 0 Å². The Balaban J connectivity index is 1.35. The van der Waals surface area contributed by atoms with E-state index in [0.29, 0.717) is 22.9 Å². The molecule has 0 saturated heterocycles. The lowest BCUT2D eigenvalue weighted by Gasteiger charge is -2.24. The zero-order valence-corrected chi connectivity index (χ0v) is 22.7. The van der Waals surface area contributed by atoms with Gasteiger partial charge in [0.25, 0.3) is 5.91 Å². The molecule has 3 heterocycles. The maximum atomic E-state index is 12.7. The highest BCUT2D eigenvalue weighted by Crippen LogP contribution is 2.34. The van der Waals surface area contributed by atoms with Gasteiger partial charge in [-0.2, -0.15) is 0 Å². The molecule has 2 unspecified atom stereocenters. The fraction of sp³-hybridized carbons (Fsp3) is 0.267. The molecule has 3 aromatic heterocycles. The Morgan fingerprint density at radius 3 is 2.73 bits per heavy atom. The second-order valence-corrected chi connectivity index (χ2v) is 10.1. The average molecular weight is 539 g/mol. The number of nitrogens with zero attached hydrogens (tertiary/aromatic N) is 5. The number of carbonyl (C=O) groups excluding carboxylic acids is 1. The fourth-order valence-electron chi connectivity index (χ4n) is 4.78. The topological polar surface area (TPSA) is 134 Å². The van der Waals surface area contributed by atoms with Crippen molar-refractivity contribution in [2.45, 2.75) is 31.5 Å². The Kier molecular flexibility index (Phi) is 8.30. The van der Waals surface area contributed by atoms with Crippen molar-refractivity contribution >= 4 is 28.6 Å². The van der Waals surface area contributed by atoms with Gasteiger partial charge in [-0.1, -0.05) is 30.4 Å². The van der Waals surface area contributed by atoms with E-state index in [4.69, 9.17) is 10.7 Å². The summed E-state index contributed by atoms with van der Waals surface area (Å²) in [5, 5.41) is 16.4. The molecular weight excluding hydrogens is 504 g/mol. The van der Waals surface area contributed by atoms with Crippen LogP contribution in [0.4, 0.5) is 11.6 Å². The van der Waals surface area contributed by atoms with Crippen molar-refractivity contribution in [1.82, 2.24) is 29.6 Å². The third kappa shape index (κ3) is 6.26. The Morgan fingerprint density at radius 2 is 2.02 bits per heavy atom. The summed E-state index contributed by atoms with van der Waals surface area (Å²) in [7, 11) is 3.98. The lowest BCUT2D eigenvalue weighted by molar-refractivity contribution is 0.102. The van der Waals surface area contributed by atoms with E-state index in [1.54, 1.807) is 42.7 Å². The SMILES string of the molecule is CN(C)C/C=C/C(O)NC1CC=C(c2nc(-c3ccc(C(=O)Nc4ccccn4)cc3)c3c(N)nccn23)CC1. The van der Waals surface area contributed by atoms with Gasteiger partial charge in [0, 0.05) is 42.3 Å². The lowest BCUT2D eigenvalue weighted by atomic mass is 9.94. The fourth-order valence-corrected chi connectivity index (χ4v) is 4.78. The highest BCUT2D eigenvalue weighted by atomic mass is 16.3. The summed E-state index contributed by atoms with van der Waals surface area (Å²) in [6, 6.07) is 12.8. The Hall–Kier alpha value is -4.38. The molecule has 1 amide bonds. The molecule has 0 fully saturated rings. The van der Waals surface area contributed by atoms with E-state index in [1.807, 2.05) is 53.9 Å². The van der Waals surface area contributed by atoms with Gasteiger partial charge in [-0.3, -0.25) is 14.5 Å². The largest absolute Gasteiger partial charge is 0.382 e. The van der Waals surface area contributed by atoms with Crippen LogP contribution in [-0.2, 0) is 0 Å². The van der Waals surface area contributed by atoms with Crippen molar-refractivity contribution in [2.24, 2.45) is 0 Å². The Morgan fingerprint density at radius 1 is 1.20 bits per heavy atom. The van der Waals surface area contributed by atoms with E-state index in [9.17, 15) is 9.90 Å². The van der Waals surface area contributed by atoms with Gasteiger partial charge in [-0.15, -0.1) is 0 Å². The number of aliphatic hydroxyl groups is 1. The molecule has 1 aliphatic rings. The summed E-state index contributed by atoms with van der Waals surface area (Å²) in [6.07, 6.45) is 12.9. The standard InChI is InChI=1S/C30H34N8O2/c1-37(2)18-5-7-25(39)34-23-14-12-21(13-15-23)29-36-26(27-28(31)33-17-19-38(27)29)20-8-10-22(11-9-20)30(40)35-24-6-3-4-16-32-24/h3-12,16-17,19,23,25,34,39H,13-15,18H2,1-2H3,(H2,31,33)(H,32,35,40)/b7-5+. The van der Waals surface area contributed by atoms with Crippen LogP contribution in [0.15, 0.2) is 79.3 Å². The quantitative estimate of drug-likeness (QED) is 0.188. The molecule has 0 aliphatic heterocycles. The number of anilines is 2. The van der Waals surface area contributed by atoms with E-state index >= 15 is 0 Å². The van der Waals surface area contributed by atoms with E-state index < -0.39 is 6.23 Å². The lowest BCUT2D eigenvalue weighted by Crippen LogP contribution is -2.38. The van der Waals surface area contributed by atoms with Gasteiger partial charge >= 0.3 is 0 Å². The first-order valence-corrected chi connectivity index (χ1v) is 13.3. The molecule has 0 bridgehead atoms. The molecule has 40 heavy (non-hydrogen) atoms. The van der Waals surface area contributed by atoms with Crippen LogP contribution < -0.4 is 16.4 Å². The second-order valence-electron chi connectivity index (χ2n) is 10.1. The molecule has 1 aliphatic carbocycles. The van der Waals surface area contributed by atoms with Crippen LogP contribution in [0.25, 0.3) is 22.3 Å². The van der Waals surface area contributed by atoms with Gasteiger partial charge in [0.15, 0.2) is 0 Å². The molecule has 0 saturated carbocycles. The molecule has 0 spiro atoms. The summed E-state index contributed by atoms with van der Waals surface area (Å²) >= 11 is 0. The molecule has 1 aromatic carbocycles. The number of allylic oxidation sites excluding steroid dienone is 1. The van der Waals surface area contributed by atoms with Crippen molar-refractivity contribution in [3.8, 4) is 11.3 Å². The van der Waals surface area contributed by atoms with E-state index in [1.165, 1.54) is 0 Å². The molecule has 5 N–H and O–H groups in total. The predicted molar refractivity (Wildman–Crippen MR) is 157 cm³/mol. The number of nitrogens with one attached hydrogen (secondary N) is 2. The predicted octanol–water partition coefficient (Wildman–Crippen LogP) is 3.59. The number of benzene rings is 1. The van der Waals surface area contributed by atoms with Crippen molar-refractivity contribution in [2.75, 3.05) is 31.7 Å². The van der Waals surface area contributed by atoms with Crippen LogP contribution >= 0.6 is 0 Å². The van der Waals surface area contributed by atoms with Gasteiger partial charge in [0.2, 0.25) is 0 Å². The van der Waals surface area contributed by atoms with Gasteiger partial charge in [0.1, 0.15) is 34.9 Å².